The highest BCUT2D eigenvalue weighted by Crippen LogP contribution is 2.25. The summed E-state index contributed by atoms with van der Waals surface area (Å²) in [5.74, 6) is 0.938. The van der Waals surface area contributed by atoms with E-state index in [1.54, 1.807) is 11.8 Å². The van der Waals surface area contributed by atoms with Crippen LogP contribution in [0.3, 0.4) is 0 Å². The molecule has 0 spiro atoms. The maximum absolute atomic E-state index is 11.7. The van der Waals surface area contributed by atoms with Gasteiger partial charge in [-0.15, -0.1) is 11.8 Å². The van der Waals surface area contributed by atoms with E-state index in [-0.39, 0.29) is 16.9 Å². The molecule has 1 amide bonds. The minimum Gasteiger partial charge on any atom is -0.351 e. The van der Waals surface area contributed by atoms with Crippen LogP contribution in [-0.2, 0) is 10.2 Å². The molecule has 0 saturated heterocycles. The van der Waals surface area contributed by atoms with Crippen molar-refractivity contribution in [2.75, 3.05) is 5.75 Å². The predicted octanol–water partition coefficient (Wildman–Crippen LogP) is 4.38. The lowest BCUT2D eigenvalue weighted by Gasteiger charge is -2.20. The zero-order valence-corrected chi connectivity index (χ0v) is 14.4. The third-order valence-electron chi connectivity index (χ3n) is 2.83. The van der Waals surface area contributed by atoms with Crippen molar-refractivity contribution in [2.45, 2.75) is 63.8 Å². The molecule has 1 aromatic carbocycles. The van der Waals surface area contributed by atoms with E-state index in [1.165, 1.54) is 10.5 Å². The van der Waals surface area contributed by atoms with Gasteiger partial charge in [0.25, 0.3) is 0 Å². The summed E-state index contributed by atoms with van der Waals surface area (Å²) in [5, 5.41) is 2.98. The highest BCUT2D eigenvalue weighted by atomic mass is 32.2. The molecule has 0 bridgehead atoms. The SMILES string of the molecule is CC(C)(C)NC(=O)CCSc1ccc(C(C)(C)C)cc1. The summed E-state index contributed by atoms with van der Waals surface area (Å²) in [5.41, 5.74) is 1.39. The van der Waals surface area contributed by atoms with Crippen LogP contribution in [0.4, 0.5) is 0 Å². The molecule has 0 aliphatic carbocycles. The Kier molecular flexibility index (Phi) is 5.69. The maximum Gasteiger partial charge on any atom is 0.221 e. The Balaban J connectivity index is 2.42. The maximum atomic E-state index is 11.7. The second-order valence-corrected chi connectivity index (χ2v) is 8.34. The van der Waals surface area contributed by atoms with Crippen LogP contribution in [0.1, 0.15) is 53.5 Å². The van der Waals surface area contributed by atoms with E-state index in [4.69, 9.17) is 0 Å². The number of thioether (sulfide) groups is 1. The number of hydrogen-bond donors (Lipinski definition) is 1. The van der Waals surface area contributed by atoms with Gasteiger partial charge in [-0.2, -0.15) is 0 Å². The molecule has 20 heavy (non-hydrogen) atoms. The van der Waals surface area contributed by atoms with Crippen LogP contribution in [0.25, 0.3) is 0 Å². The highest BCUT2D eigenvalue weighted by Gasteiger charge is 2.14. The Bertz CT molecular complexity index is 438. The van der Waals surface area contributed by atoms with Gasteiger partial charge in [-0.3, -0.25) is 4.79 Å². The van der Waals surface area contributed by atoms with Gasteiger partial charge in [-0.1, -0.05) is 32.9 Å². The van der Waals surface area contributed by atoms with Crippen molar-refractivity contribution in [3.8, 4) is 0 Å². The highest BCUT2D eigenvalue weighted by molar-refractivity contribution is 7.99. The van der Waals surface area contributed by atoms with E-state index in [1.807, 2.05) is 20.8 Å². The third-order valence-corrected chi connectivity index (χ3v) is 3.85. The molecule has 0 atom stereocenters. The van der Waals surface area contributed by atoms with E-state index >= 15 is 0 Å². The molecule has 0 saturated carbocycles. The lowest BCUT2D eigenvalue weighted by atomic mass is 9.87. The van der Waals surface area contributed by atoms with Crippen LogP contribution in [0.15, 0.2) is 29.2 Å². The molecule has 1 rings (SSSR count). The summed E-state index contributed by atoms with van der Waals surface area (Å²) >= 11 is 1.73. The van der Waals surface area contributed by atoms with E-state index < -0.39 is 0 Å². The van der Waals surface area contributed by atoms with Crippen molar-refractivity contribution >= 4 is 17.7 Å². The van der Waals surface area contributed by atoms with Gasteiger partial charge in [-0.05, 0) is 43.9 Å². The normalized spacial score (nSPS) is 12.3. The minimum absolute atomic E-state index is 0.122. The fraction of sp³-hybridized carbons (Fsp3) is 0.588. The number of rotatable bonds is 4. The fourth-order valence-corrected chi connectivity index (χ4v) is 2.65. The topological polar surface area (TPSA) is 29.1 Å². The first-order chi connectivity index (χ1) is 9.08. The van der Waals surface area contributed by atoms with E-state index in [0.29, 0.717) is 6.42 Å². The molecule has 0 unspecified atom stereocenters. The van der Waals surface area contributed by atoms with Crippen LogP contribution in [0.5, 0.6) is 0 Å². The number of benzene rings is 1. The van der Waals surface area contributed by atoms with Crippen LogP contribution in [0.2, 0.25) is 0 Å². The molecule has 112 valence electrons. The van der Waals surface area contributed by atoms with Gasteiger partial charge in [0.05, 0.1) is 0 Å². The first-order valence-corrected chi connectivity index (χ1v) is 8.11. The second-order valence-electron chi connectivity index (χ2n) is 7.17. The quantitative estimate of drug-likeness (QED) is 0.835. The largest absolute Gasteiger partial charge is 0.351 e. The van der Waals surface area contributed by atoms with Gasteiger partial charge in [0, 0.05) is 22.6 Å². The smallest absolute Gasteiger partial charge is 0.221 e. The summed E-state index contributed by atoms with van der Waals surface area (Å²) in [4.78, 5) is 12.9. The Morgan fingerprint density at radius 3 is 2.05 bits per heavy atom. The zero-order valence-electron chi connectivity index (χ0n) is 13.5. The molecule has 0 fully saturated rings. The Labute approximate surface area is 127 Å². The standard InChI is InChI=1S/C17H27NOS/c1-16(2,3)13-7-9-14(10-8-13)20-12-11-15(19)18-17(4,5)6/h7-10H,11-12H2,1-6H3,(H,18,19). The Morgan fingerprint density at radius 1 is 1.05 bits per heavy atom. The summed E-state index contributed by atoms with van der Waals surface area (Å²) in [7, 11) is 0. The molecule has 3 heteroatoms. The zero-order chi connectivity index (χ0) is 15.4. The van der Waals surface area contributed by atoms with Gasteiger partial charge < -0.3 is 5.32 Å². The average Bonchev–Trinajstić information content (AvgIpc) is 2.26. The van der Waals surface area contributed by atoms with Crippen molar-refractivity contribution < 1.29 is 4.79 Å². The van der Waals surface area contributed by atoms with Crippen molar-refractivity contribution in [3.05, 3.63) is 29.8 Å². The molecule has 0 radical (unpaired) electrons. The van der Waals surface area contributed by atoms with Crippen molar-refractivity contribution in [1.82, 2.24) is 5.32 Å². The number of hydrogen-bond acceptors (Lipinski definition) is 2. The molecule has 2 nitrogen and oxygen atoms in total. The minimum atomic E-state index is -0.143. The Hall–Kier alpha value is -0.960. The Morgan fingerprint density at radius 2 is 1.60 bits per heavy atom. The monoisotopic (exact) mass is 293 g/mol. The van der Waals surface area contributed by atoms with Crippen molar-refractivity contribution in [1.29, 1.82) is 0 Å². The predicted molar refractivity (Wildman–Crippen MR) is 88.4 cm³/mol. The third kappa shape index (κ3) is 6.47. The number of amides is 1. The summed E-state index contributed by atoms with van der Waals surface area (Å²) in [6.07, 6.45) is 0.558. The van der Waals surface area contributed by atoms with E-state index in [2.05, 4.69) is 50.4 Å². The molecular formula is C17H27NOS. The molecular weight excluding hydrogens is 266 g/mol. The van der Waals surface area contributed by atoms with Crippen LogP contribution in [0, 0.1) is 0 Å². The average molecular weight is 293 g/mol. The fourth-order valence-electron chi connectivity index (χ4n) is 1.79. The van der Waals surface area contributed by atoms with Crippen LogP contribution < -0.4 is 5.32 Å². The second kappa shape index (κ2) is 6.66. The van der Waals surface area contributed by atoms with Crippen LogP contribution in [-0.4, -0.2) is 17.2 Å². The summed E-state index contributed by atoms with van der Waals surface area (Å²) < 4.78 is 0. The first kappa shape index (κ1) is 17.1. The first-order valence-electron chi connectivity index (χ1n) is 7.12. The summed E-state index contributed by atoms with van der Waals surface area (Å²) in [6.45, 7) is 12.7. The molecule has 1 N–H and O–H groups in total. The lowest BCUT2D eigenvalue weighted by molar-refractivity contribution is -0.122. The van der Waals surface area contributed by atoms with E-state index in [9.17, 15) is 4.79 Å². The molecule has 0 heterocycles. The van der Waals surface area contributed by atoms with Crippen molar-refractivity contribution in [3.63, 3.8) is 0 Å². The van der Waals surface area contributed by atoms with Crippen molar-refractivity contribution in [2.24, 2.45) is 0 Å². The van der Waals surface area contributed by atoms with E-state index in [0.717, 1.165) is 5.75 Å². The van der Waals surface area contributed by atoms with Gasteiger partial charge in [0.2, 0.25) is 5.91 Å². The van der Waals surface area contributed by atoms with Gasteiger partial charge in [0.15, 0.2) is 0 Å². The molecule has 0 aromatic heterocycles. The lowest BCUT2D eigenvalue weighted by Crippen LogP contribution is -2.40. The van der Waals surface area contributed by atoms with Gasteiger partial charge in [-0.25, -0.2) is 0 Å². The van der Waals surface area contributed by atoms with Crippen LogP contribution >= 0.6 is 11.8 Å². The number of nitrogens with one attached hydrogen (secondary N) is 1. The molecule has 1 aromatic rings. The van der Waals surface area contributed by atoms with Gasteiger partial charge >= 0.3 is 0 Å². The number of carbonyl (C=O) groups is 1. The number of carbonyl (C=O) groups excluding carboxylic acids is 1. The summed E-state index contributed by atoms with van der Waals surface area (Å²) in [6, 6.07) is 8.65. The molecule has 0 aliphatic rings. The molecule has 0 aliphatic heterocycles. The van der Waals surface area contributed by atoms with Gasteiger partial charge in [0.1, 0.15) is 0 Å².